The molecule has 0 unspecified atom stereocenters. The van der Waals surface area contributed by atoms with Crippen LogP contribution >= 0.6 is 0 Å². The van der Waals surface area contributed by atoms with E-state index in [2.05, 4.69) is 0 Å². The molecule has 0 saturated heterocycles. The lowest BCUT2D eigenvalue weighted by molar-refractivity contribution is -0.138. The van der Waals surface area contributed by atoms with Crippen molar-refractivity contribution in [2.75, 3.05) is 0 Å². The second-order valence-corrected chi connectivity index (χ2v) is 14.0. The largest absolute Gasteiger partial charge is 0.418 e. The number of fused-ring (bicyclic) bond motifs is 6. The van der Waals surface area contributed by atoms with Gasteiger partial charge in [-0.15, -0.1) is 0 Å². The van der Waals surface area contributed by atoms with Crippen molar-refractivity contribution in [2.24, 2.45) is 0 Å². The van der Waals surface area contributed by atoms with Crippen molar-refractivity contribution >= 4 is 43.6 Å². The summed E-state index contributed by atoms with van der Waals surface area (Å²) in [5, 5.41) is -2.15. The zero-order valence-corrected chi connectivity index (χ0v) is 30.1. The van der Waals surface area contributed by atoms with E-state index in [4.69, 9.17) is 0 Å². The van der Waals surface area contributed by atoms with Crippen molar-refractivity contribution in [1.29, 1.82) is 0 Å². The Bertz CT molecular complexity index is 2740. The van der Waals surface area contributed by atoms with Crippen LogP contribution < -0.4 is 0 Å². The van der Waals surface area contributed by atoms with Gasteiger partial charge in [0, 0.05) is 21.5 Å². The zero-order valence-electron chi connectivity index (χ0n) is 30.1. The van der Waals surface area contributed by atoms with Crippen LogP contribution in [0.15, 0.2) is 109 Å². The third-order valence-corrected chi connectivity index (χ3v) is 10.3. The van der Waals surface area contributed by atoms with E-state index in [-0.39, 0.29) is 11.1 Å². The van der Waals surface area contributed by atoms with Crippen molar-refractivity contribution in [3.05, 3.63) is 143 Å². The molecule has 0 bridgehead atoms. The Morgan fingerprint density at radius 3 is 0.710 bits per heavy atom. The molecule has 0 fully saturated rings. The highest BCUT2D eigenvalue weighted by atomic mass is 19.4. The molecular formula is C42H18F18N2. The molecule has 2 heterocycles. The van der Waals surface area contributed by atoms with E-state index in [1.807, 2.05) is 0 Å². The minimum atomic E-state index is -5.26. The number of hydrogen-bond donors (Lipinski definition) is 0. The maximum Gasteiger partial charge on any atom is 0.418 e. The Morgan fingerprint density at radius 1 is 0.258 bits per heavy atom. The third kappa shape index (κ3) is 7.21. The van der Waals surface area contributed by atoms with Crippen LogP contribution in [-0.2, 0) is 37.1 Å². The van der Waals surface area contributed by atoms with Gasteiger partial charge in [0.05, 0.1) is 66.8 Å². The van der Waals surface area contributed by atoms with Crippen LogP contribution in [0, 0.1) is 0 Å². The van der Waals surface area contributed by atoms with Crippen molar-refractivity contribution in [3.8, 4) is 22.5 Å². The number of benzene rings is 6. The number of alkyl halides is 18. The van der Waals surface area contributed by atoms with Crippen molar-refractivity contribution in [3.63, 3.8) is 0 Å². The first-order chi connectivity index (χ1) is 28.5. The zero-order chi connectivity index (χ0) is 45.3. The molecule has 2 nitrogen and oxygen atoms in total. The smallest absolute Gasteiger partial charge is 0.309 e. The molecule has 0 atom stereocenters. The summed E-state index contributed by atoms with van der Waals surface area (Å²) < 4.78 is 256. The summed E-state index contributed by atoms with van der Waals surface area (Å²) in [6.45, 7) is 0. The predicted molar refractivity (Wildman–Crippen MR) is 191 cm³/mol. The molecule has 0 aliphatic carbocycles. The average molecular weight is 893 g/mol. The van der Waals surface area contributed by atoms with Crippen molar-refractivity contribution < 1.29 is 79.0 Å². The van der Waals surface area contributed by atoms with Gasteiger partial charge in [0.25, 0.3) is 0 Å². The second kappa shape index (κ2) is 13.6. The maximum atomic E-state index is 14.8. The van der Waals surface area contributed by atoms with Gasteiger partial charge in [0.1, 0.15) is 0 Å². The van der Waals surface area contributed by atoms with E-state index in [0.29, 0.717) is 60.7 Å². The van der Waals surface area contributed by atoms with Gasteiger partial charge < -0.3 is 9.13 Å². The Morgan fingerprint density at radius 2 is 0.500 bits per heavy atom. The monoisotopic (exact) mass is 892 g/mol. The van der Waals surface area contributed by atoms with Gasteiger partial charge in [-0.25, -0.2) is 0 Å². The first-order valence-electron chi connectivity index (χ1n) is 17.4. The molecule has 2 aromatic heterocycles. The summed E-state index contributed by atoms with van der Waals surface area (Å²) in [4.78, 5) is 0. The Labute approximate surface area is 333 Å². The van der Waals surface area contributed by atoms with Gasteiger partial charge in [-0.3, -0.25) is 0 Å². The van der Waals surface area contributed by atoms with Crippen LogP contribution in [0.5, 0.6) is 0 Å². The molecule has 8 aromatic rings. The lowest BCUT2D eigenvalue weighted by atomic mass is 9.98. The van der Waals surface area contributed by atoms with E-state index in [0.717, 1.165) is 57.7 Å². The number of hydrogen-bond acceptors (Lipinski definition) is 0. The second-order valence-electron chi connectivity index (χ2n) is 14.0. The number of rotatable bonds is 3. The molecule has 0 amide bonds. The molecule has 20 heteroatoms. The molecule has 6 aromatic carbocycles. The average Bonchev–Trinajstić information content (AvgIpc) is 3.66. The molecule has 0 N–H and O–H groups in total. The van der Waals surface area contributed by atoms with E-state index >= 15 is 0 Å². The van der Waals surface area contributed by atoms with Gasteiger partial charge in [-0.1, -0.05) is 12.1 Å². The number of nitrogens with zero attached hydrogens (tertiary/aromatic N) is 2. The fourth-order valence-electron chi connectivity index (χ4n) is 7.54. The van der Waals surface area contributed by atoms with Crippen LogP contribution in [0.1, 0.15) is 33.4 Å². The minimum Gasteiger partial charge on any atom is -0.309 e. The predicted octanol–water partition coefficient (Wildman–Crippen LogP) is 15.7. The minimum absolute atomic E-state index is 0.309. The molecular weight excluding hydrogens is 874 g/mol. The lowest BCUT2D eigenvalue weighted by Gasteiger charge is -2.20. The van der Waals surface area contributed by atoms with Crippen LogP contribution in [0.3, 0.4) is 0 Å². The molecule has 322 valence electrons. The lowest BCUT2D eigenvalue weighted by Crippen LogP contribution is -2.12. The molecule has 8 rings (SSSR count). The molecule has 0 aliphatic rings. The summed E-state index contributed by atoms with van der Waals surface area (Å²) in [6, 6.07) is 10.9. The number of aromatic nitrogens is 2. The van der Waals surface area contributed by atoms with Crippen LogP contribution in [-0.4, -0.2) is 9.13 Å². The molecule has 0 radical (unpaired) electrons. The highest BCUT2D eigenvalue weighted by Gasteiger charge is 2.39. The van der Waals surface area contributed by atoms with E-state index in [9.17, 15) is 79.0 Å². The molecule has 0 saturated carbocycles. The molecule has 0 spiro atoms. The Balaban J connectivity index is 1.43. The van der Waals surface area contributed by atoms with Gasteiger partial charge in [0.2, 0.25) is 0 Å². The fourth-order valence-corrected chi connectivity index (χ4v) is 7.54. The topological polar surface area (TPSA) is 9.86 Å². The highest BCUT2D eigenvalue weighted by molar-refractivity contribution is 6.11. The fraction of sp³-hybridized carbons (Fsp3) is 0.143. The summed E-state index contributed by atoms with van der Waals surface area (Å²) >= 11 is 0. The van der Waals surface area contributed by atoms with Crippen molar-refractivity contribution in [1.82, 2.24) is 9.13 Å². The summed E-state index contributed by atoms with van der Waals surface area (Å²) in [7, 11) is 0. The normalized spacial score (nSPS) is 13.6. The van der Waals surface area contributed by atoms with E-state index < -0.39 is 125 Å². The van der Waals surface area contributed by atoms with Crippen LogP contribution in [0.4, 0.5) is 79.0 Å². The highest BCUT2D eigenvalue weighted by Crippen LogP contribution is 2.46. The standard InChI is InChI=1S/C42H18F18N2/c43-37(44,45)21-3-9-31-25(15-21)26-16-22(38(46,47)48)4-10-32(26)61(31)35-13-19(1-7-29(35)41(55,56)57)20-2-8-30(42(58,59)60)36(14-20)62-33-11-5-23(39(49,50)51)17-27(33)28-18-24(40(52,53)54)6-12-34(28)62/h1-18H. The van der Waals surface area contributed by atoms with Gasteiger partial charge in [-0.05, 0) is 108 Å². The maximum absolute atomic E-state index is 14.8. The SMILES string of the molecule is FC(F)(F)c1ccc2c(c1)c1cc(C(F)(F)F)ccc1n2-c1cc(-c2ccc(C(F)(F)F)c(-n3c4ccc(C(F)(F)F)cc4c4cc(C(F)(F)F)ccc43)c2)ccc1C(F)(F)F. The summed E-state index contributed by atoms with van der Waals surface area (Å²) in [6.07, 6.45) is -30.7. The summed E-state index contributed by atoms with van der Waals surface area (Å²) in [5.41, 5.74) is -12.4. The van der Waals surface area contributed by atoms with Crippen LogP contribution in [0.25, 0.3) is 66.1 Å². The number of halogens is 18. The van der Waals surface area contributed by atoms with E-state index in [1.165, 1.54) is 0 Å². The first kappa shape index (κ1) is 42.4. The van der Waals surface area contributed by atoms with Gasteiger partial charge in [0.15, 0.2) is 0 Å². The molecule has 62 heavy (non-hydrogen) atoms. The first-order valence-corrected chi connectivity index (χ1v) is 17.4. The van der Waals surface area contributed by atoms with Crippen LogP contribution in [0.2, 0.25) is 0 Å². The van der Waals surface area contributed by atoms with Gasteiger partial charge >= 0.3 is 37.1 Å². The van der Waals surface area contributed by atoms with E-state index in [1.54, 1.807) is 0 Å². The Hall–Kier alpha value is -6.34. The summed E-state index contributed by atoms with van der Waals surface area (Å²) in [5.74, 6) is 0. The van der Waals surface area contributed by atoms with Crippen molar-refractivity contribution in [2.45, 2.75) is 37.1 Å². The van der Waals surface area contributed by atoms with Gasteiger partial charge in [-0.2, -0.15) is 79.0 Å². The Kier molecular flexibility index (Phi) is 9.28. The third-order valence-electron chi connectivity index (χ3n) is 10.3. The quantitative estimate of drug-likeness (QED) is 0.156. The molecule has 0 aliphatic heterocycles.